The molecule has 3 heterocycles. The van der Waals surface area contributed by atoms with E-state index in [4.69, 9.17) is 0 Å². The fourth-order valence-corrected chi connectivity index (χ4v) is 3.26. The van der Waals surface area contributed by atoms with Gasteiger partial charge in [0, 0.05) is 26.1 Å². The molecular formula is C17H18N6O. The van der Waals surface area contributed by atoms with E-state index in [1.165, 1.54) is 0 Å². The van der Waals surface area contributed by atoms with E-state index in [0.717, 1.165) is 36.2 Å². The van der Waals surface area contributed by atoms with Gasteiger partial charge in [0.05, 0.1) is 17.2 Å². The Balaban J connectivity index is 1.57. The number of fused-ring (bicyclic) bond motifs is 1. The molecule has 4 rings (SSSR count). The third-order valence-corrected chi connectivity index (χ3v) is 4.49. The first-order chi connectivity index (χ1) is 11.7. The Hall–Kier alpha value is -2.83. The molecule has 0 unspecified atom stereocenters. The Morgan fingerprint density at radius 2 is 2.08 bits per heavy atom. The lowest BCUT2D eigenvalue weighted by molar-refractivity contribution is 0.0697. The normalized spacial score (nSPS) is 18.0. The minimum Gasteiger partial charge on any atom is -0.337 e. The Labute approximate surface area is 139 Å². The zero-order valence-electron chi connectivity index (χ0n) is 13.5. The van der Waals surface area contributed by atoms with Crippen molar-refractivity contribution < 1.29 is 4.79 Å². The van der Waals surface area contributed by atoms with Crippen molar-refractivity contribution in [3.63, 3.8) is 0 Å². The van der Waals surface area contributed by atoms with Crippen LogP contribution in [0.25, 0.3) is 11.0 Å². The lowest BCUT2D eigenvalue weighted by Gasteiger charge is -2.31. The molecule has 0 aliphatic carbocycles. The number of nitrogens with zero attached hydrogens (tertiary/aromatic N) is 6. The van der Waals surface area contributed by atoms with Gasteiger partial charge >= 0.3 is 0 Å². The molecular weight excluding hydrogens is 304 g/mol. The maximum atomic E-state index is 12.8. The number of amides is 1. The highest BCUT2D eigenvalue weighted by molar-refractivity contribution is 5.93. The third-order valence-electron chi connectivity index (χ3n) is 4.49. The Morgan fingerprint density at radius 1 is 1.25 bits per heavy atom. The number of aryl methyl sites for hydroxylation is 1. The summed E-state index contributed by atoms with van der Waals surface area (Å²) < 4.78 is 1.93. The molecule has 1 atom stereocenters. The van der Waals surface area contributed by atoms with E-state index in [-0.39, 0.29) is 11.8 Å². The predicted octanol–water partition coefficient (Wildman–Crippen LogP) is 1.78. The summed E-state index contributed by atoms with van der Waals surface area (Å²) in [6.45, 7) is 1.38. The van der Waals surface area contributed by atoms with Gasteiger partial charge in [0.25, 0.3) is 5.91 Å². The van der Waals surface area contributed by atoms with Crippen molar-refractivity contribution in [2.75, 3.05) is 13.1 Å². The molecule has 122 valence electrons. The van der Waals surface area contributed by atoms with E-state index < -0.39 is 0 Å². The maximum absolute atomic E-state index is 12.8. The number of benzene rings is 1. The van der Waals surface area contributed by atoms with Crippen LogP contribution in [0.1, 0.15) is 35.1 Å². The number of hydrogen-bond acceptors (Lipinski definition) is 5. The SMILES string of the molecule is Cn1cnnc1[C@@H]1CCCN(C(=O)c2cnc3ccccc3n2)C1. The molecule has 7 nitrogen and oxygen atoms in total. The van der Waals surface area contributed by atoms with Crippen molar-refractivity contribution in [3.05, 3.63) is 48.3 Å². The van der Waals surface area contributed by atoms with Gasteiger partial charge in [0.15, 0.2) is 0 Å². The monoisotopic (exact) mass is 322 g/mol. The second-order valence-electron chi connectivity index (χ2n) is 6.13. The second kappa shape index (κ2) is 5.99. The van der Waals surface area contributed by atoms with Gasteiger partial charge in [-0.05, 0) is 25.0 Å². The average molecular weight is 322 g/mol. The first-order valence-corrected chi connectivity index (χ1v) is 8.07. The number of aromatic nitrogens is 5. The van der Waals surface area contributed by atoms with Gasteiger partial charge in [-0.1, -0.05) is 12.1 Å². The van der Waals surface area contributed by atoms with Crippen molar-refractivity contribution in [2.45, 2.75) is 18.8 Å². The van der Waals surface area contributed by atoms with Crippen LogP contribution in [0.15, 0.2) is 36.8 Å². The molecule has 1 saturated heterocycles. The van der Waals surface area contributed by atoms with Gasteiger partial charge in [0.1, 0.15) is 17.8 Å². The van der Waals surface area contributed by atoms with Crippen LogP contribution in [0.2, 0.25) is 0 Å². The summed E-state index contributed by atoms with van der Waals surface area (Å²) in [5.74, 6) is 1.07. The van der Waals surface area contributed by atoms with Crippen LogP contribution in [0, 0.1) is 0 Å². The average Bonchev–Trinajstić information content (AvgIpc) is 3.07. The van der Waals surface area contributed by atoms with Crippen molar-refractivity contribution in [1.82, 2.24) is 29.6 Å². The van der Waals surface area contributed by atoms with Crippen molar-refractivity contribution in [3.8, 4) is 0 Å². The Kier molecular flexibility index (Phi) is 3.68. The summed E-state index contributed by atoms with van der Waals surface area (Å²) in [5.41, 5.74) is 1.93. The minimum atomic E-state index is -0.0693. The van der Waals surface area contributed by atoms with E-state index in [9.17, 15) is 4.79 Å². The largest absolute Gasteiger partial charge is 0.337 e. The zero-order chi connectivity index (χ0) is 16.5. The Bertz CT molecular complexity index is 889. The zero-order valence-corrected chi connectivity index (χ0v) is 13.5. The molecule has 3 aromatic rings. The topological polar surface area (TPSA) is 76.8 Å². The number of para-hydroxylation sites is 2. The fourth-order valence-electron chi connectivity index (χ4n) is 3.26. The Morgan fingerprint density at radius 3 is 2.88 bits per heavy atom. The first kappa shape index (κ1) is 14.7. The maximum Gasteiger partial charge on any atom is 0.274 e. The summed E-state index contributed by atoms with van der Waals surface area (Å²) in [4.78, 5) is 23.5. The van der Waals surface area contributed by atoms with Crippen LogP contribution in [0.3, 0.4) is 0 Å². The number of piperidine rings is 1. The summed E-state index contributed by atoms with van der Waals surface area (Å²) in [5, 5.41) is 8.14. The molecule has 1 aliphatic heterocycles. The van der Waals surface area contributed by atoms with Gasteiger partial charge in [-0.3, -0.25) is 9.78 Å². The standard InChI is InChI=1S/C17H18N6O/c1-22-11-19-21-16(22)12-5-4-8-23(10-12)17(24)15-9-18-13-6-2-3-7-14(13)20-15/h2-3,6-7,9,11-12H,4-5,8,10H2,1H3/t12-/m1/s1. The van der Waals surface area contributed by atoms with Gasteiger partial charge in [0.2, 0.25) is 0 Å². The van der Waals surface area contributed by atoms with Crippen LogP contribution < -0.4 is 0 Å². The van der Waals surface area contributed by atoms with Crippen LogP contribution in [-0.4, -0.2) is 48.6 Å². The number of carbonyl (C=O) groups excluding carboxylic acids is 1. The smallest absolute Gasteiger partial charge is 0.274 e. The molecule has 2 aromatic heterocycles. The molecule has 24 heavy (non-hydrogen) atoms. The summed E-state index contributed by atoms with van der Waals surface area (Å²) in [6.07, 6.45) is 5.23. The summed E-state index contributed by atoms with van der Waals surface area (Å²) in [6, 6.07) is 7.57. The van der Waals surface area contributed by atoms with E-state index in [0.29, 0.717) is 12.2 Å². The van der Waals surface area contributed by atoms with E-state index in [1.54, 1.807) is 12.5 Å². The van der Waals surface area contributed by atoms with Crippen LogP contribution in [0.4, 0.5) is 0 Å². The predicted molar refractivity (Wildman–Crippen MR) is 88.4 cm³/mol. The van der Waals surface area contributed by atoms with Crippen molar-refractivity contribution in [2.24, 2.45) is 7.05 Å². The number of likely N-dealkylation sites (tertiary alicyclic amines) is 1. The molecule has 0 saturated carbocycles. The molecule has 0 radical (unpaired) electrons. The first-order valence-electron chi connectivity index (χ1n) is 8.07. The van der Waals surface area contributed by atoms with E-state index in [1.807, 2.05) is 40.8 Å². The number of hydrogen-bond donors (Lipinski definition) is 0. The number of rotatable bonds is 2. The second-order valence-corrected chi connectivity index (χ2v) is 6.13. The molecule has 1 fully saturated rings. The van der Waals surface area contributed by atoms with E-state index >= 15 is 0 Å². The molecule has 0 bridgehead atoms. The highest BCUT2D eigenvalue weighted by Crippen LogP contribution is 2.26. The highest BCUT2D eigenvalue weighted by atomic mass is 16.2. The summed E-state index contributed by atoms with van der Waals surface area (Å²) >= 11 is 0. The van der Waals surface area contributed by atoms with Gasteiger partial charge in [-0.25, -0.2) is 4.98 Å². The van der Waals surface area contributed by atoms with Crippen molar-refractivity contribution >= 4 is 16.9 Å². The molecule has 0 N–H and O–H groups in total. The lowest BCUT2D eigenvalue weighted by atomic mass is 9.97. The van der Waals surface area contributed by atoms with E-state index in [2.05, 4.69) is 20.2 Å². The third kappa shape index (κ3) is 2.62. The van der Waals surface area contributed by atoms with Crippen LogP contribution >= 0.6 is 0 Å². The quantitative estimate of drug-likeness (QED) is 0.719. The molecule has 1 amide bonds. The molecule has 0 spiro atoms. The lowest BCUT2D eigenvalue weighted by Crippen LogP contribution is -2.40. The molecule has 1 aliphatic rings. The fraction of sp³-hybridized carbons (Fsp3) is 0.353. The number of carbonyl (C=O) groups is 1. The van der Waals surface area contributed by atoms with Gasteiger partial charge in [-0.2, -0.15) is 0 Å². The van der Waals surface area contributed by atoms with Gasteiger partial charge in [-0.15, -0.1) is 10.2 Å². The van der Waals surface area contributed by atoms with Crippen LogP contribution in [-0.2, 0) is 7.05 Å². The summed E-state index contributed by atoms with van der Waals surface area (Å²) in [7, 11) is 1.94. The molecule has 7 heteroatoms. The highest BCUT2D eigenvalue weighted by Gasteiger charge is 2.28. The molecule has 1 aromatic carbocycles. The van der Waals surface area contributed by atoms with Crippen molar-refractivity contribution in [1.29, 1.82) is 0 Å². The van der Waals surface area contributed by atoms with Crippen LogP contribution in [0.5, 0.6) is 0 Å². The minimum absolute atomic E-state index is 0.0693. The van der Waals surface area contributed by atoms with Gasteiger partial charge < -0.3 is 9.47 Å².